The number of carboxylic acid groups (broad SMARTS) is 1. The zero-order chi connectivity index (χ0) is 51.3. The molecule has 0 aliphatic heterocycles. The maximum Gasteiger partial charge on any atom is 0.361 e. The number of carbonyl (C=O) groups excluding carboxylic acids is 2. The van der Waals surface area contributed by atoms with Gasteiger partial charge in [0, 0.05) is 12.8 Å². The van der Waals surface area contributed by atoms with E-state index in [0.717, 1.165) is 70.6 Å². The molecule has 0 aromatic rings. The number of carboxylic acids is 1. The first-order chi connectivity index (χ1) is 34.1. The van der Waals surface area contributed by atoms with Crippen LogP contribution in [0.2, 0.25) is 0 Å². The van der Waals surface area contributed by atoms with Crippen molar-refractivity contribution in [3.8, 4) is 0 Å². The van der Waals surface area contributed by atoms with E-state index in [1.165, 1.54) is 154 Å². The van der Waals surface area contributed by atoms with Crippen molar-refractivity contribution in [3.05, 3.63) is 60.8 Å². The zero-order valence-electron chi connectivity index (χ0n) is 46.2. The summed E-state index contributed by atoms with van der Waals surface area (Å²) < 4.78 is 22.7. The van der Waals surface area contributed by atoms with Gasteiger partial charge < -0.3 is 28.5 Å². The number of rotatable bonds is 53. The fraction of sp³-hybridized carbons (Fsp3) is 0.787. The smallest absolute Gasteiger partial charge is 0.361 e. The van der Waals surface area contributed by atoms with E-state index in [2.05, 4.69) is 74.6 Å². The van der Waals surface area contributed by atoms with Gasteiger partial charge in [0.1, 0.15) is 13.2 Å². The molecule has 0 saturated carbocycles. The first-order valence-electron chi connectivity index (χ1n) is 29.0. The van der Waals surface area contributed by atoms with Crippen LogP contribution < -0.4 is 0 Å². The highest BCUT2D eigenvalue weighted by Gasteiger charge is 2.25. The fourth-order valence-corrected chi connectivity index (χ4v) is 8.10. The Morgan fingerprint density at radius 1 is 0.443 bits per heavy atom. The van der Waals surface area contributed by atoms with Crippen molar-refractivity contribution >= 4 is 17.9 Å². The molecule has 406 valence electrons. The molecular weight excluding hydrogens is 875 g/mol. The second kappa shape index (κ2) is 52.3. The number of unbranched alkanes of at least 4 members (excludes halogenated alkanes) is 28. The van der Waals surface area contributed by atoms with Gasteiger partial charge in [-0.15, -0.1) is 0 Å². The fourth-order valence-electron chi connectivity index (χ4n) is 8.10. The molecule has 0 aliphatic carbocycles. The van der Waals surface area contributed by atoms with Crippen LogP contribution in [0.25, 0.3) is 0 Å². The van der Waals surface area contributed by atoms with E-state index in [-0.39, 0.29) is 32.2 Å². The monoisotopic (exact) mass is 985 g/mol. The molecule has 0 saturated heterocycles. The zero-order valence-corrected chi connectivity index (χ0v) is 46.2. The molecule has 1 N–H and O–H groups in total. The summed E-state index contributed by atoms with van der Waals surface area (Å²) >= 11 is 0. The Balaban J connectivity index is 3.83. The van der Waals surface area contributed by atoms with E-state index in [0.29, 0.717) is 17.4 Å². The SMILES string of the molecule is CC/C=C\C/C=C\C/C=C\C/C=C\C/C=C\CCCCCCCCCCCCCCCCCCCCCCCCCC(=O)OC(COC(=O)CCCCCCCC)COC(OCC[N+](C)(C)C)C(=O)O. The van der Waals surface area contributed by atoms with Crippen LogP contribution in [0.3, 0.4) is 0 Å². The van der Waals surface area contributed by atoms with Gasteiger partial charge in [-0.05, 0) is 57.8 Å². The van der Waals surface area contributed by atoms with Gasteiger partial charge >= 0.3 is 17.9 Å². The maximum atomic E-state index is 12.8. The summed E-state index contributed by atoms with van der Waals surface area (Å²) in [5.41, 5.74) is 0. The Labute approximate surface area is 431 Å². The third kappa shape index (κ3) is 52.8. The van der Waals surface area contributed by atoms with Gasteiger partial charge in [-0.25, -0.2) is 4.79 Å². The lowest BCUT2D eigenvalue weighted by molar-refractivity contribution is -0.870. The molecule has 9 nitrogen and oxygen atoms in total. The molecule has 0 rings (SSSR count). The van der Waals surface area contributed by atoms with Crippen LogP contribution in [0.4, 0.5) is 0 Å². The number of hydrogen-bond donors (Lipinski definition) is 1. The number of nitrogens with zero attached hydrogens (tertiary/aromatic N) is 1. The van der Waals surface area contributed by atoms with Gasteiger partial charge in [0.05, 0.1) is 34.4 Å². The number of quaternary nitrogens is 1. The summed E-state index contributed by atoms with van der Waals surface area (Å²) in [6.07, 6.45) is 63.7. The molecule has 0 amide bonds. The molecule has 0 spiro atoms. The van der Waals surface area contributed by atoms with Crippen molar-refractivity contribution in [1.82, 2.24) is 0 Å². The van der Waals surface area contributed by atoms with Crippen molar-refractivity contribution < 1.29 is 42.9 Å². The predicted molar refractivity (Wildman–Crippen MR) is 295 cm³/mol. The number of esters is 2. The Morgan fingerprint density at radius 2 is 0.814 bits per heavy atom. The molecule has 2 unspecified atom stereocenters. The average molecular weight is 986 g/mol. The third-order valence-corrected chi connectivity index (χ3v) is 12.5. The maximum absolute atomic E-state index is 12.8. The van der Waals surface area contributed by atoms with E-state index in [4.69, 9.17) is 18.9 Å². The third-order valence-electron chi connectivity index (χ3n) is 12.5. The average Bonchev–Trinajstić information content (AvgIpc) is 3.33. The highest BCUT2D eigenvalue weighted by atomic mass is 16.7. The first kappa shape index (κ1) is 67.0. The van der Waals surface area contributed by atoms with Crippen LogP contribution in [0.15, 0.2) is 60.8 Å². The number of carbonyl (C=O) groups is 3. The number of likely N-dealkylation sites (N-methyl/N-ethyl adjacent to an activating group) is 1. The summed E-state index contributed by atoms with van der Waals surface area (Å²) in [7, 11) is 5.96. The number of hydrogen-bond acceptors (Lipinski definition) is 7. The normalized spacial score (nSPS) is 13.2. The van der Waals surface area contributed by atoms with Crippen molar-refractivity contribution in [2.45, 2.75) is 264 Å². The number of aliphatic carboxylic acids is 1. The minimum absolute atomic E-state index is 0.179. The van der Waals surface area contributed by atoms with Crippen LogP contribution in [0, 0.1) is 0 Å². The lowest BCUT2D eigenvalue weighted by Crippen LogP contribution is -2.40. The minimum atomic E-state index is -1.50. The number of allylic oxidation sites excluding steroid dienone is 10. The minimum Gasteiger partial charge on any atom is -0.477 e. The molecule has 70 heavy (non-hydrogen) atoms. The summed E-state index contributed by atoms with van der Waals surface area (Å²) in [6.45, 7) is 4.71. The van der Waals surface area contributed by atoms with Crippen LogP contribution in [0.5, 0.6) is 0 Å². The van der Waals surface area contributed by atoms with Gasteiger partial charge in [-0.3, -0.25) is 9.59 Å². The van der Waals surface area contributed by atoms with Crippen LogP contribution in [-0.2, 0) is 33.3 Å². The Morgan fingerprint density at radius 3 is 1.21 bits per heavy atom. The van der Waals surface area contributed by atoms with Gasteiger partial charge in [0.2, 0.25) is 0 Å². The highest BCUT2D eigenvalue weighted by molar-refractivity contribution is 5.71. The van der Waals surface area contributed by atoms with Gasteiger partial charge in [0.25, 0.3) is 6.29 Å². The van der Waals surface area contributed by atoms with E-state index in [1.54, 1.807) is 0 Å². The lowest BCUT2D eigenvalue weighted by Gasteiger charge is -2.25. The summed E-state index contributed by atoms with van der Waals surface area (Å²) in [5.74, 6) is -2.01. The largest absolute Gasteiger partial charge is 0.477 e. The molecule has 0 aliphatic rings. The Hall–Kier alpha value is -3.01. The molecule has 0 radical (unpaired) electrons. The summed E-state index contributed by atoms with van der Waals surface area (Å²) in [4.78, 5) is 37.0. The molecule has 0 aromatic carbocycles. The van der Waals surface area contributed by atoms with Crippen LogP contribution in [0.1, 0.15) is 251 Å². The van der Waals surface area contributed by atoms with Gasteiger partial charge in [-0.2, -0.15) is 0 Å². The second-order valence-electron chi connectivity index (χ2n) is 20.6. The van der Waals surface area contributed by atoms with Crippen molar-refractivity contribution in [1.29, 1.82) is 0 Å². The molecule has 2 atom stereocenters. The summed E-state index contributed by atoms with van der Waals surface area (Å²) in [5, 5.41) is 9.63. The topological polar surface area (TPSA) is 108 Å². The molecule has 9 heteroatoms. The Bertz CT molecular complexity index is 1330. The van der Waals surface area contributed by atoms with Gasteiger partial charge in [-0.1, -0.05) is 242 Å². The van der Waals surface area contributed by atoms with E-state index < -0.39 is 24.3 Å². The van der Waals surface area contributed by atoms with E-state index in [1.807, 2.05) is 21.1 Å². The number of ether oxygens (including phenoxy) is 4. The molecule has 0 heterocycles. The van der Waals surface area contributed by atoms with Crippen LogP contribution in [-0.4, -0.2) is 87.4 Å². The molecule has 0 aromatic heterocycles. The van der Waals surface area contributed by atoms with Crippen molar-refractivity contribution in [3.63, 3.8) is 0 Å². The van der Waals surface area contributed by atoms with E-state index in [9.17, 15) is 19.5 Å². The molecular formula is C61H110NO8+. The quantitative estimate of drug-likeness (QED) is 0.0211. The lowest BCUT2D eigenvalue weighted by atomic mass is 10.0. The first-order valence-corrected chi connectivity index (χ1v) is 29.0. The van der Waals surface area contributed by atoms with Crippen LogP contribution >= 0.6 is 0 Å². The van der Waals surface area contributed by atoms with E-state index >= 15 is 0 Å². The standard InChI is InChI=1S/C61H109NO8/c1-6-8-10-12-14-15-16-17-18-19-20-21-22-23-24-25-26-27-28-29-30-31-32-33-34-35-36-37-38-39-40-41-42-43-44-45-46-48-50-52-59(64)70-57(55-68-58(63)51-49-47-13-11-9-7-2)56-69-61(60(65)66)67-54-53-62(3,4)5/h8,10,14-15,17-18,20-21,23-24,57,61H,6-7,9,11-13,16,19,22,25-56H2,1-5H3/p+1/b10-8-,15-14-,18-17-,21-20-,24-23-. The Kier molecular flexibility index (Phi) is 50.1. The van der Waals surface area contributed by atoms with Crippen molar-refractivity contribution in [2.75, 3.05) is 47.5 Å². The van der Waals surface area contributed by atoms with Crippen molar-refractivity contribution in [2.24, 2.45) is 0 Å². The molecule has 0 fully saturated rings. The predicted octanol–water partition coefficient (Wildman–Crippen LogP) is 16.8. The second-order valence-corrected chi connectivity index (χ2v) is 20.6. The molecule has 0 bridgehead atoms. The summed E-state index contributed by atoms with van der Waals surface area (Å²) in [6, 6.07) is 0. The van der Waals surface area contributed by atoms with Gasteiger partial charge in [0.15, 0.2) is 6.10 Å². The highest BCUT2D eigenvalue weighted by Crippen LogP contribution is 2.17.